The summed E-state index contributed by atoms with van der Waals surface area (Å²) in [5, 5.41) is 10.7. The summed E-state index contributed by atoms with van der Waals surface area (Å²) in [6.45, 7) is 0.696. The van der Waals surface area contributed by atoms with Crippen LogP contribution in [0.25, 0.3) is 10.9 Å². The quantitative estimate of drug-likeness (QED) is 0.0837. The Morgan fingerprint density at radius 1 is 1.08 bits per heavy atom. The summed E-state index contributed by atoms with van der Waals surface area (Å²) < 4.78 is 56.5. The maximum Gasteiger partial charge on any atom is 1.00 e. The monoisotopic (exact) mass is 753 g/mol. The van der Waals surface area contributed by atoms with Crippen LogP contribution in [0.3, 0.4) is 0 Å². The first-order chi connectivity index (χ1) is 22.3. The van der Waals surface area contributed by atoms with Gasteiger partial charge in [-0.3, -0.25) is 18.9 Å². The van der Waals surface area contributed by atoms with E-state index < -0.39 is 62.9 Å². The normalized spacial score (nSPS) is 19.0. The molecule has 1 unspecified atom stereocenters. The molecule has 14 nitrogen and oxygen atoms in total. The second kappa shape index (κ2) is 16.0. The van der Waals surface area contributed by atoms with Gasteiger partial charge < -0.3 is 32.4 Å². The van der Waals surface area contributed by atoms with Crippen LogP contribution in [0.2, 0.25) is 0 Å². The standard InChI is InChI=1S/C29H28FN5O9S3.2Na.2H/c30-20-12-18-21(34(16-6-7-16)14-19(25(18)37)28(39)40)13-22(20)32-8-10-33(11-9-32)29(45)46-27-24(26(38)35(27)47(41,42)43)31-23(36)15-44-17-4-2-1-3-5-17;;;;/h1-5,12-14,16,24,27H,6-11,15H2,(H,31,36)(H,39,40)(H,41,42,43);;;;/q;2*+1;2*-1/t24-,27?;;;;/m0..../s1. The number of thioether (sulfide) groups is 1. The molecule has 3 fully saturated rings. The second-order valence-corrected chi connectivity index (χ2v) is 14.2. The molecular formula is C29H30FN5Na2O9S3. The number of hydrogen-bond donors (Lipinski definition) is 3. The van der Waals surface area contributed by atoms with Crippen molar-refractivity contribution in [2.45, 2.75) is 30.3 Å². The van der Waals surface area contributed by atoms with Crippen LogP contribution in [0, 0.1) is 5.82 Å². The molecule has 3 aromatic rings. The Morgan fingerprint density at radius 3 is 2.33 bits per heavy atom. The number of β-lactam (4-membered cyclic amide) rings is 1. The number of fused-ring (bicyclic) bond motifs is 1. The van der Waals surface area contributed by atoms with E-state index in [0.717, 1.165) is 30.7 Å². The number of rotatable bonds is 9. The SMILES string of the molecule is O=C(COc1ccccc1)N[C@H]1C(=O)N(S(=O)(=O)O)C1SC(=S)N1CCN(c2cc3c(cc2F)c(=O)c(C(=O)O)cn3C2CC2)CC1.[H-].[H-].[Na+].[Na+]. The Balaban J connectivity index is 0.00000225. The fraction of sp³-hybridized carbons (Fsp3) is 0.345. The number of piperazine rings is 1. The van der Waals surface area contributed by atoms with E-state index in [-0.39, 0.29) is 114 Å². The molecule has 2 atom stereocenters. The van der Waals surface area contributed by atoms with Gasteiger partial charge in [-0.1, -0.05) is 42.2 Å². The molecule has 2 aromatic carbocycles. The number of nitrogens with one attached hydrogen (secondary N) is 1. The number of carboxylic acid groups (broad SMARTS) is 1. The molecule has 3 aliphatic rings. The average Bonchev–Trinajstić information content (AvgIpc) is 3.88. The third kappa shape index (κ3) is 8.45. The van der Waals surface area contributed by atoms with Crippen molar-refractivity contribution in [2.75, 3.05) is 37.7 Å². The third-order valence-electron chi connectivity index (χ3n) is 8.05. The zero-order chi connectivity index (χ0) is 33.6. The number of aromatic nitrogens is 1. The van der Waals surface area contributed by atoms with Gasteiger partial charge >= 0.3 is 75.4 Å². The molecule has 3 heterocycles. The van der Waals surface area contributed by atoms with E-state index >= 15 is 4.39 Å². The first kappa shape index (κ1) is 39.5. The van der Waals surface area contributed by atoms with Gasteiger partial charge in [0.2, 0.25) is 5.43 Å². The number of thiocarbonyl (C=S) groups is 1. The van der Waals surface area contributed by atoms with Crippen molar-refractivity contribution in [1.82, 2.24) is 19.1 Å². The number of carboxylic acids is 1. The van der Waals surface area contributed by atoms with Crippen LogP contribution in [0.4, 0.5) is 10.1 Å². The van der Waals surface area contributed by atoms with Crippen LogP contribution >= 0.6 is 24.0 Å². The van der Waals surface area contributed by atoms with Gasteiger partial charge in [0.25, 0.3) is 11.8 Å². The van der Waals surface area contributed by atoms with E-state index in [9.17, 15) is 37.3 Å². The summed E-state index contributed by atoms with van der Waals surface area (Å²) in [7, 11) is -4.95. The second-order valence-electron chi connectivity index (χ2n) is 11.1. The Hall–Kier alpha value is -2.26. The van der Waals surface area contributed by atoms with Gasteiger partial charge in [0.05, 0.1) is 11.2 Å². The fourth-order valence-electron chi connectivity index (χ4n) is 5.53. The third-order valence-corrected chi connectivity index (χ3v) is 10.8. The molecule has 3 N–H and O–H groups in total. The van der Waals surface area contributed by atoms with Gasteiger partial charge in [-0.2, -0.15) is 12.7 Å². The molecule has 20 heteroatoms. The summed E-state index contributed by atoms with van der Waals surface area (Å²) in [5.74, 6) is -3.36. The minimum atomic E-state index is -4.95. The Morgan fingerprint density at radius 2 is 1.73 bits per heavy atom. The first-order valence-corrected chi connectivity index (χ1v) is 17.1. The van der Waals surface area contributed by atoms with Crippen LogP contribution in [-0.4, -0.2) is 98.2 Å². The molecule has 2 amide bonds. The van der Waals surface area contributed by atoms with E-state index in [4.69, 9.17) is 17.0 Å². The van der Waals surface area contributed by atoms with E-state index in [0.29, 0.717) is 11.3 Å². The summed E-state index contributed by atoms with van der Waals surface area (Å²) in [4.78, 5) is 53.1. The maximum atomic E-state index is 15.4. The zero-order valence-electron chi connectivity index (χ0n) is 28.4. The molecule has 0 bridgehead atoms. The number of hydrogen-bond acceptors (Lipinski definition) is 10. The van der Waals surface area contributed by atoms with Crippen molar-refractivity contribution in [3.8, 4) is 5.75 Å². The molecular weight excluding hydrogens is 724 g/mol. The van der Waals surface area contributed by atoms with Gasteiger partial charge in [-0.25, -0.2) is 9.18 Å². The first-order valence-electron chi connectivity index (χ1n) is 14.4. The summed E-state index contributed by atoms with van der Waals surface area (Å²) >= 11 is 6.35. The molecule has 49 heavy (non-hydrogen) atoms. The van der Waals surface area contributed by atoms with E-state index in [1.54, 1.807) is 50.8 Å². The van der Waals surface area contributed by atoms with Crippen molar-refractivity contribution in [1.29, 1.82) is 0 Å². The van der Waals surface area contributed by atoms with Gasteiger partial charge in [0.15, 0.2) is 6.61 Å². The van der Waals surface area contributed by atoms with Crippen molar-refractivity contribution < 1.29 is 104 Å². The molecule has 6 rings (SSSR count). The van der Waals surface area contributed by atoms with Crippen molar-refractivity contribution >= 4 is 73.0 Å². The largest absolute Gasteiger partial charge is 1.00 e. The van der Waals surface area contributed by atoms with Crippen LogP contribution < -0.4 is 79.5 Å². The number of nitrogens with zero attached hydrogens (tertiary/aromatic N) is 4. The molecule has 0 radical (unpaired) electrons. The van der Waals surface area contributed by atoms with E-state index in [1.165, 1.54) is 6.20 Å². The smallest absolute Gasteiger partial charge is 1.00 e. The predicted molar refractivity (Wildman–Crippen MR) is 176 cm³/mol. The molecule has 0 spiro atoms. The fourth-order valence-corrected chi connectivity index (χ4v) is 8.25. The van der Waals surface area contributed by atoms with Crippen molar-refractivity contribution in [3.05, 3.63) is 70.3 Å². The zero-order valence-corrected chi connectivity index (χ0v) is 32.9. The van der Waals surface area contributed by atoms with Crippen molar-refractivity contribution in [3.63, 3.8) is 0 Å². The molecule has 2 aliphatic heterocycles. The average molecular weight is 754 g/mol. The predicted octanol–water partition coefficient (Wildman–Crippen LogP) is -3.92. The van der Waals surface area contributed by atoms with Crippen LogP contribution in [0.1, 0.15) is 32.1 Å². The van der Waals surface area contributed by atoms with Gasteiger partial charge in [-0.15, -0.1) is 0 Å². The summed E-state index contributed by atoms with van der Waals surface area (Å²) in [6, 6.07) is 9.81. The number of carbonyl (C=O) groups excluding carboxylic acids is 2. The number of carbonyl (C=O) groups is 3. The number of anilines is 1. The van der Waals surface area contributed by atoms with Crippen LogP contribution in [0.15, 0.2) is 53.5 Å². The van der Waals surface area contributed by atoms with Crippen LogP contribution in [0.5, 0.6) is 5.75 Å². The molecule has 1 saturated carbocycles. The topological polar surface area (TPSA) is 179 Å². The van der Waals surface area contributed by atoms with Gasteiger partial charge in [0.1, 0.15) is 32.9 Å². The minimum Gasteiger partial charge on any atom is -1.00 e. The van der Waals surface area contributed by atoms with E-state index in [2.05, 4.69) is 5.32 Å². The Kier molecular flexibility index (Phi) is 12.9. The number of aromatic carboxylic acids is 1. The Labute approximate surface area is 336 Å². The molecule has 1 aliphatic carbocycles. The van der Waals surface area contributed by atoms with E-state index in [1.807, 2.05) is 0 Å². The van der Waals surface area contributed by atoms with Crippen molar-refractivity contribution in [2.24, 2.45) is 0 Å². The minimum absolute atomic E-state index is 0. The maximum absolute atomic E-state index is 15.4. The number of halogens is 1. The molecule has 252 valence electrons. The molecule has 2 saturated heterocycles. The number of pyridine rings is 1. The Bertz CT molecular complexity index is 1970. The summed E-state index contributed by atoms with van der Waals surface area (Å²) in [5.41, 5.74) is -0.502. The van der Waals surface area contributed by atoms with Gasteiger partial charge in [-0.05, 0) is 37.1 Å². The number of benzene rings is 2. The van der Waals surface area contributed by atoms with Gasteiger partial charge in [0, 0.05) is 43.8 Å². The molecule has 1 aromatic heterocycles. The summed E-state index contributed by atoms with van der Waals surface area (Å²) in [6.07, 6.45) is 2.93. The van der Waals surface area contributed by atoms with Crippen LogP contribution in [-0.2, 0) is 19.9 Å². The number of ether oxygens (including phenoxy) is 1. The number of amides is 2. The number of para-hydroxylation sites is 1.